The van der Waals surface area contributed by atoms with Gasteiger partial charge in [-0.3, -0.25) is 13.9 Å². The van der Waals surface area contributed by atoms with E-state index in [9.17, 15) is 18.0 Å². The van der Waals surface area contributed by atoms with Crippen LogP contribution in [0.25, 0.3) is 0 Å². The van der Waals surface area contributed by atoms with Crippen molar-refractivity contribution in [2.24, 2.45) is 0 Å². The molecule has 0 spiro atoms. The van der Waals surface area contributed by atoms with Gasteiger partial charge in [0, 0.05) is 12.6 Å². The number of sulfonamides is 1. The fourth-order valence-corrected chi connectivity index (χ4v) is 6.93. The number of rotatable bonds is 12. The predicted molar refractivity (Wildman–Crippen MR) is 165 cm³/mol. The zero-order valence-corrected chi connectivity index (χ0v) is 25.7. The maximum atomic E-state index is 14.3. The third kappa shape index (κ3) is 7.31. The van der Waals surface area contributed by atoms with Gasteiger partial charge in [0.05, 0.1) is 17.7 Å². The Morgan fingerprint density at radius 3 is 2.31 bits per heavy atom. The monoisotopic (exact) mass is 591 g/mol. The normalized spacial score (nSPS) is 14.3. The second-order valence-corrected chi connectivity index (χ2v) is 12.8. The number of nitrogens with one attached hydrogen (secondary N) is 1. The topological polar surface area (TPSA) is 96.0 Å². The molecule has 4 rings (SSSR count). The molecular weight excluding hydrogens is 550 g/mol. The molecule has 1 aliphatic rings. The summed E-state index contributed by atoms with van der Waals surface area (Å²) in [5.74, 6) is -0.0542. The quantitative estimate of drug-likeness (QED) is 0.305. The molecule has 1 fully saturated rings. The highest BCUT2D eigenvalue weighted by Crippen LogP contribution is 2.28. The number of nitrogens with zero attached hydrogens (tertiary/aromatic N) is 2. The van der Waals surface area contributed by atoms with Crippen molar-refractivity contribution in [2.45, 2.75) is 76.4 Å². The lowest BCUT2D eigenvalue weighted by molar-refractivity contribution is -0.140. The summed E-state index contributed by atoms with van der Waals surface area (Å²) in [5, 5.41) is 3.14. The molecule has 1 N–H and O–H groups in total. The number of para-hydroxylation sites is 1. The summed E-state index contributed by atoms with van der Waals surface area (Å²) in [6.07, 6.45) is 4.35. The SMILES string of the molecule is CCC(C(=O)NC1CCCC1)N(Cc1cccc(OC)c1)C(=O)CN(c1ccccc1C)S(=O)(=O)c1ccc(C)cc1. The van der Waals surface area contributed by atoms with Gasteiger partial charge in [0.15, 0.2) is 0 Å². The van der Waals surface area contributed by atoms with E-state index in [-0.39, 0.29) is 23.4 Å². The molecule has 224 valence electrons. The Balaban J connectivity index is 1.73. The van der Waals surface area contributed by atoms with Crippen molar-refractivity contribution in [2.75, 3.05) is 18.0 Å². The molecule has 1 atom stereocenters. The third-order valence-electron chi connectivity index (χ3n) is 7.85. The molecule has 1 saturated carbocycles. The summed E-state index contributed by atoms with van der Waals surface area (Å²) in [5.41, 5.74) is 2.83. The highest BCUT2D eigenvalue weighted by atomic mass is 32.2. The molecule has 0 aromatic heterocycles. The van der Waals surface area contributed by atoms with Crippen molar-refractivity contribution in [3.63, 3.8) is 0 Å². The standard InChI is InChI=1S/C33H41N3O5S/c1-5-30(33(38)34-27-13-7-8-14-27)35(22-26-12-10-15-28(21-26)41-4)32(37)23-36(31-16-9-6-11-25(31)3)42(39,40)29-19-17-24(2)18-20-29/h6,9-12,15-21,27,30H,5,7-8,13-14,22-23H2,1-4H3,(H,34,38). The number of hydrogen-bond donors (Lipinski definition) is 1. The lowest BCUT2D eigenvalue weighted by atomic mass is 10.1. The molecule has 9 heteroatoms. The number of aryl methyl sites for hydroxylation is 2. The predicted octanol–water partition coefficient (Wildman–Crippen LogP) is 5.37. The number of anilines is 1. The van der Waals surface area contributed by atoms with Gasteiger partial charge in [0.25, 0.3) is 10.0 Å². The maximum Gasteiger partial charge on any atom is 0.264 e. The Kier molecular flexibility index (Phi) is 10.3. The van der Waals surface area contributed by atoms with E-state index in [0.717, 1.165) is 41.1 Å². The fourth-order valence-electron chi connectivity index (χ4n) is 5.45. The van der Waals surface area contributed by atoms with Crippen LogP contribution in [0.15, 0.2) is 77.7 Å². The van der Waals surface area contributed by atoms with Crippen LogP contribution < -0.4 is 14.4 Å². The summed E-state index contributed by atoms with van der Waals surface area (Å²) < 4.78 is 34.7. The second kappa shape index (κ2) is 13.9. The van der Waals surface area contributed by atoms with Crippen LogP contribution in [0, 0.1) is 13.8 Å². The van der Waals surface area contributed by atoms with Gasteiger partial charge in [-0.1, -0.05) is 67.8 Å². The van der Waals surface area contributed by atoms with Gasteiger partial charge in [-0.25, -0.2) is 8.42 Å². The van der Waals surface area contributed by atoms with E-state index in [1.54, 1.807) is 43.5 Å². The zero-order valence-electron chi connectivity index (χ0n) is 24.9. The number of hydrogen-bond acceptors (Lipinski definition) is 5. The first-order chi connectivity index (χ1) is 20.1. The fraction of sp³-hybridized carbons (Fsp3) is 0.394. The lowest BCUT2D eigenvalue weighted by Gasteiger charge is -2.34. The van der Waals surface area contributed by atoms with Gasteiger partial charge in [0.1, 0.15) is 18.3 Å². The van der Waals surface area contributed by atoms with Crippen LogP contribution in [0.5, 0.6) is 5.75 Å². The number of amides is 2. The molecule has 42 heavy (non-hydrogen) atoms. The van der Waals surface area contributed by atoms with Gasteiger partial charge in [-0.2, -0.15) is 0 Å². The average molecular weight is 592 g/mol. The van der Waals surface area contributed by atoms with Crippen LogP contribution in [0.4, 0.5) is 5.69 Å². The third-order valence-corrected chi connectivity index (χ3v) is 9.62. The Labute approximate surface area is 249 Å². The van der Waals surface area contributed by atoms with Crippen molar-refractivity contribution in [1.29, 1.82) is 0 Å². The first kappa shape index (κ1) is 31.1. The van der Waals surface area contributed by atoms with Gasteiger partial charge in [-0.05, 0) is 74.6 Å². The molecule has 0 radical (unpaired) electrons. The molecule has 3 aromatic rings. The van der Waals surface area contributed by atoms with Crippen LogP contribution in [0.1, 0.15) is 55.7 Å². The van der Waals surface area contributed by atoms with Gasteiger partial charge >= 0.3 is 0 Å². The summed E-state index contributed by atoms with van der Waals surface area (Å²) in [6, 6.07) is 20.3. The van der Waals surface area contributed by atoms with E-state index in [2.05, 4.69) is 5.32 Å². The van der Waals surface area contributed by atoms with Gasteiger partial charge in [0.2, 0.25) is 11.8 Å². The number of ether oxygens (including phenoxy) is 1. The maximum absolute atomic E-state index is 14.3. The Morgan fingerprint density at radius 2 is 1.67 bits per heavy atom. The van der Waals surface area contributed by atoms with Crippen LogP contribution in [-0.4, -0.2) is 50.9 Å². The number of benzene rings is 3. The molecule has 0 aliphatic heterocycles. The van der Waals surface area contributed by atoms with Crippen molar-refractivity contribution in [1.82, 2.24) is 10.2 Å². The van der Waals surface area contributed by atoms with E-state index in [1.807, 2.05) is 57.2 Å². The van der Waals surface area contributed by atoms with Crippen LogP contribution in [0.3, 0.4) is 0 Å². The highest BCUT2D eigenvalue weighted by Gasteiger charge is 2.35. The van der Waals surface area contributed by atoms with Crippen molar-refractivity contribution in [3.8, 4) is 5.75 Å². The Hall–Kier alpha value is -3.85. The average Bonchev–Trinajstić information content (AvgIpc) is 3.49. The van der Waals surface area contributed by atoms with Crippen LogP contribution >= 0.6 is 0 Å². The van der Waals surface area contributed by atoms with E-state index in [0.29, 0.717) is 23.4 Å². The van der Waals surface area contributed by atoms with E-state index < -0.39 is 28.5 Å². The lowest BCUT2D eigenvalue weighted by Crippen LogP contribution is -2.53. The minimum Gasteiger partial charge on any atom is -0.497 e. The highest BCUT2D eigenvalue weighted by molar-refractivity contribution is 7.92. The number of carbonyl (C=O) groups is 2. The number of methoxy groups -OCH3 is 1. The zero-order chi connectivity index (χ0) is 30.3. The van der Waals surface area contributed by atoms with Crippen molar-refractivity contribution < 1.29 is 22.7 Å². The molecule has 1 aliphatic carbocycles. The smallest absolute Gasteiger partial charge is 0.264 e. The van der Waals surface area contributed by atoms with Gasteiger partial charge in [-0.15, -0.1) is 0 Å². The van der Waals surface area contributed by atoms with Crippen LogP contribution in [0.2, 0.25) is 0 Å². The minimum atomic E-state index is -4.11. The number of carbonyl (C=O) groups excluding carboxylic acids is 2. The molecule has 0 heterocycles. The summed E-state index contributed by atoms with van der Waals surface area (Å²) in [6.45, 7) is 5.23. The van der Waals surface area contributed by atoms with E-state index in [1.165, 1.54) is 4.90 Å². The van der Waals surface area contributed by atoms with Crippen molar-refractivity contribution >= 4 is 27.5 Å². The molecule has 3 aromatic carbocycles. The summed E-state index contributed by atoms with van der Waals surface area (Å²) >= 11 is 0. The first-order valence-electron chi connectivity index (χ1n) is 14.5. The summed E-state index contributed by atoms with van der Waals surface area (Å²) in [7, 11) is -2.54. The van der Waals surface area contributed by atoms with E-state index >= 15 is 0 Å². The molecular formula is C33H41N3O5S. The summed E-state index contributed by atoms with van der Waals surface area (Å²) in [4.78, 5) is 29.5. The second-order valence-electron chi connectivity index (χ2n) is 10.9. The molecule has 2 amide bonds. The molecule has 1 unspecified atom stereocenters. The Bertz CT molecular complexity index is 1480. The van der Waals surface area contributed by atoms with Crippen molar-refractivity contribution in [3.05, 3.63) is 89.5 Å². The van der Waals surface area contributed by atoms with Gasteiger partial charge < -0.3 is 15.0 Å². The molecule has 8 nitrogen and oxygen atoms in total. The Morgan fingerprint density at radius 1 is 0.976 bits per heavy atom. The van der Waals surface area contributed by atoms with E-state index in [4.69, 9.17) is 4.74 Å². The minimum absolute atomic E-state index is 0.0886. The molecule has 0 bridgehead atoms. The van der Waals surface area contributed by atoms with Crippen LogP contribution in [-0.2, 0) is 26.2 Å². The largest absolute Gasteiger partial charge is 0.497 e. The first-order valence-corrected chi connectivity index (χ1v) is 16.0. The molecule has 0 saturated heterocycles.